The minimum atomic E-state index is -0.502. The maximum absolute atomic E-state index is 13.2. The highest BCUT2D eigenvalue weighted by atomic mass is 79.9. The molecule has 0 heterocycles. The highest BCUT2D eigenvalue weighted by Crippen LogP contribution is 2.17. The molecule has 6 nitrogen and oxygen atoms in total. The normalized spacial score (nSPS) is 11.2. The Hall–Kier alpha value is -4.75. The molecule has 0 radical (unpaired) electrons. The number of rotatable bonds is 9. The molecule has 194 valence electrons. The van der Waals surface area contributed by atoms with Gasteiger partial charge < -0.3 is 15.4 Å². The van der Waals surface area contributed by atoms with Crippen LogP contribution in [0.4, 0.5) is 5.69 Å². The fourth-order valence-corrected chi connectivity index (χ4v) is 4.02. The minimum absolute atomic E-state index is 0.0736. The number of ketones is 1. The average Bonchev–Trinajstić information content (AvgIpc) is 2.96. The van der Waals surface area contributed by atoms with Gasteiger partial charge in [-0.3, -0.25) is 14.4 Å². The third kappa shape index (κ3) is 7.87. The van der Waals surface area contributed by atoms with Crippen LogP contribution < -0.4 is 15.4 Å². The summed E-state index contributed by atoms with van der Waals surface area (Å²) < 4.78 is 5.98. The predicted octanol–water partition coefficient (Wildman–Crippen LogP) is 6.76. The van der Waals surface area contributed by atoms with Crippen LogP contribution in [-0.4, -0.2) is 24.7 Å². The van der Waals surface area contributed by atoms with Gasteiger partial charge in [-0.1, -0.05) is 64.5 Å². The molecular formula is C32H25BrN2O4. The van der Waals surface area contributed by atoms with Crippen molar-refractivity contribution < 1.29 is 19.1 Å². The smallest absolute Gasteiger partial charge is 0.272 e. The summed E-state index contributed by atoms with van der Waals surface area (Å²) in [7, 11) is 1.60. The molecule has 0 aliphatic heterocycles. The van der Waals surface area contributed by atoms with Crippen LogP contribution in [0.1, 0.15) is 31.8 Å². The number of anilines is 1. The lowest BCUT2D eigenvalue weighted by Gasteiger charge is -2.12. The van der Waals surface area contributed by atoms with Gasteiger partial charge in [0, 0.05) is 21.3 Å². The van der Waals surface area contributed by atoms with Crippen molar-refractivity contribution in [3.05, 3.63) is 142 Å². The van der Waals surface area contributed by atoms with Crippen molar-refractivity contribution in [1.82, 2.24) is 5.32 Å². The summed E-state index contributed by atoms with van der Waals surface area (Å²) in [5, 5.41) is 5.51. The monoisotopic (exact) mass is 580 g/mol. The van der Waals surface area contributed by atoms with Gasteiger partial charge >= 0.3 is 0 Å². The zero-order valence-corrected chi connectivity index (χ0v) is 22.6. The highest BCUT2D eigenvalue weighted by Gasteiger charge is 2.15. The maximum atomic E-state index is 13.2. The molecule has 0 fully saturated rings. The Labute approximate surface area is 235 Å². The van der Waals surface area contributed by atoms with Crippen molar-refractivity contribution in [1.29, 1.82) is 0 Å². The Morgan fingerprint density at radius 3 is 2.15 bits per heavy atom. The van der Waals surface area contributed by atoms with Crippen molar-refractivity contribution in [3.63, 3.8) is 0 Å². The quantitative estimate of drug-likeness (QED) is 0.169. The van der Waals surface area contributed by atoms with E-state index in [1.165, 1.54) is 6.08 Å². The summed E-state index contributed by atoms with van der Waals surface area (Å²) in [4.78, 5) is 38.6. The van der Waals surface area contributed by atoms with Gasteiger partial charge in [-0.2, -0.15) is 0 Å². The van der Waals surface area contributed by atoms with Crippen molar-refractivity contribution in [2.75, 3.05) is 12.4 Å². The third-order valence-corrected chi connectivity index (χ3v) is 6.15. The average molecular weight is 581 g/mol. The molecule has 4 aromatic rings. The second-order valence-corrected chi connectivity index (χ2v) is 9.35. The molecule has 0 aromatic heterocycles. The van der Waals surface area contributed by atoms with Crippen LogP contribution in [0.3, 0.4) is 0 Å². The van der Waals surface area contributed by atoms with Gasteiger partial charge in [0.15, 0.2) is 5.78 Å². The van der Waals surface area contributed by atoms with E-state index in [9.17, 15) is 14.4 Å². The van der Waals surface area contributed by atoms with E-state index in [0.29, 0.717) is 16.8 Å². The topological polar surface area (TPSA) is 84.5 Å². The molecule has 4 rings (SSSR count). The first kappa shape index (κ1) is 27.3. The Balaban J connectivity index is 1.47. The SMILES string of the molecule is COc1ccc(/C=C/C(=O)c2ccc(NC(=O)/C(=C/c3cccc(Br)c3)NC(=O)c3ccccc3)cc2)cc1. The first-order valence-electron chi connectivity index (χ1n) is 12.0. The molecule has 7 heteroatoms. The summed E-state index contributed by atoms with van der Waals surface area (Å²) in [6.45, 7) is 0. The number of allylic oxidation sites excluding steroid dienone is 1. The van der Waals surface area contributed by atoms with E-state index in [4.69, 9.17) is 4.74 Å². The predicted molar refractivity (Wildman–Crippen MR) is 157 cm³/mol. The van der Waals surface area contributed by atoms with E-state index < -0.39 is 11.8 Å². The molecule has 2 amide bonds. The number of nitrogens with one attached hydrogen (secondary N) is 2. The number of carbonyl (C=O) groups excluding carboxylic acids is 3. The molecule has 0 unspecified atom stereocenters. The molecule has 0 saturated heterocycles. The van der Waals surface area contributed by atoms with Crippen molar-refractivity contribution >= 4 is 51.4 Å². The lowest BCUT2D eigenvalue weighted by molar-refractivity contribution is -0.113. The largest absolute Gasteiger partial charge is 0.497 e. The van der Waals surface area contributed by atoms with Gasteiger partial charge in [0.25, 0.3) is 11.8 Å². The number of methoxy groups -OCH3 is 1. The molecule has 0 bridgehead atoms. The standard InChI is InChI=1S/C32H25BrN2O4/c1-39-28-17-10-22(11-18-28)12-19-30(36)24-13-15-27(16-14-24)34-32(38)29(21-23-6-5-9-26(33)20-23)35-31(37)25-7-3-2-4-8-25/h2-21H,1H3,(H,34,38)(H,35,37)/b19-12+,29-21-. The van der Waals surface area contributed by atoms with Crippen LogP contribution in [-0.2, 0) is 4.79 Å². The van der Waals surface area contributed by atoms with E-state index in [1.54, 1.807) is 67.8 Å². The van der Waals surface area contributed by atoms with Gasteiger partial charge in [0.05, 0.1) is 7.11 Å². The van der Waals surface area contributed by atoms with E-state index >= 15 is 0 Å². The Morgan fingerprint density at radius 1 is 0.769 bits per heavy atom. The Bertz CT molecular complexity index is 1530. The van der Waals surface area contributed by atoms with Crippen molar-refractivity contribution in [2.45, 2.75) is 0 Å². The number of hydrogen-bond donors (Lipinski definition) is 2. The molecule has 0 atom stereocenters. The zero-order chi connectivity index (χ0) is 27.6. The second kappa shape index (κ2) is 13.2. The maximum Gasteiger partial charge on any atom is 0.272 e. The van der Waals surface area contributed by atoms with Crippen LogP contribution in [0.5, 0.6) is 5.75 Å². The Kier molecular flexibility index (Phi) is 9.21. The molecule has 0 saturated carbocycles. The number of carbonyl (C=O) groups is 3. The molecule has 0 aliphatic rings. The fraction of sp³-hybridized carbons (Fsp3) is 0.0312. The van der Waals surface area contributed by atoms with Gasteiger partial charge in [-0.05, 0) is 83.9 Å². The zero-order valence-electron chi connectivity index (χ0n) is 21.1. The van der Waals surface area contributed by atoms with Gasteiger partial charge in [0.1, 0.15) is 11.4 Å². The number of benzene rings is 4. The molecule has 0 spiro atoms. The molecule has 0 aliphatic carbocycles. The molecule has 2 N–H and O–H groups in total. The first-order chi connectivity index (χ1) is 18.9. The van der Waals surface area contributed by atoms with E-state index in [2.05, 4.69) is 26.6 Å². The van der Waals surface area contributed by atoms with E-state index in [-0.39, 0.29) is 11.5 Å². The summed E-state index contributed by atoms with van der Waals surface area (Å²) in [5.41, 5.74) is 3.05. The minimum Gasteiger partial charge on any atom is -0.497 e. The second-order valence-electron chi connectivity index (χ2n) is 8.44. The van der Waals surface area contributed by atoms with Crippen molar-refractivity contribution in [3.8, 4) is 5.75 Å². The fourth-order valence-electron chi connectivity index (χ4n) is 3.60. The van der Waals surface area contributed by atoms with E-state index in [1.807, 2.05) is 54.6 Å². The number of amides is 2. The molecule has 4 aromatic carbocycles. The van der Waals surface area contributed by atoms with E-state index in [0.717, 1.165) is 21.3 Å². The van der Waals surface area contributed by atoms with Crippen LogP contribution in [0, 0.1) is 0 Å². The van der Waals surface area contributed by atoms with Gasteiger partial charge in [0.2, 0.25) is 0 Å². The third-order valence-electron chi connectivity index (χ3n) is 5.66. The number of halogens is 1. The van der Waals surface area contributed by atoms with Gasteiger partial charge in [-0.25, -0.2) is 0 Å². The van der Waals surface area contributed by atoms with Crippen LogP contribution in [0.2, 0.25) is 0 Å². The highest BCUT2D eigenvalue weighted by molar-refractivity contribution is 9.10. The summed E-state index contributed by atoms with van der Waals surface area (Å²) in [6, 6.07) is 29.9. The summed E-state index contributed by atoms with van der Waals surface area (Å²) in [6.07, 6.45) is 4.82. The van der Waals surface area contributed by atoms with Crippen LogP contribution in [0.15, 0.2) is 119 Å². The first-order valence-corrected chi connectivity index (χ1v) is 12.8. The lowest BCUT2D eigenvalue weighted by Crippen LogP contribution is -2.30. The number of hydrogen-bond acceptors (Lipinski definition) is 4. The lowest BCUT2D eigenvalue weighted by atomic mass is 10.1. The van der Waals surface area contributed by atoms with Gasteiger partial charge in [-0.15, -0.1) is 0 Å². The van der Waals surface area contributed by atoms with Crippen LogP contribution >= 0.6 is 15.9 Å². The Morgan fingerprint density at radius 2 is 1.49 bits per heavy atom. The molecular weight excluding hydrogens is 556 g/mol. The van der Waals surface area contributed by atoms with Crippen LogP contribution in [0.25, 0.3) is 12.2 Å². The summed E-state index contributed by atoms with van der Waals surface area (Å²) >= 11 is 3.42. The number of ether oxygens (including phenoxy) is 1. The molecule has 39 heavy (non-hydrogen) atoms. The summed E-state index contributed by atoms with van der Waals surface area (Å²) in [5.74, 6) is -0.339. The van der Waals surface area contributed by atoms with Crippen molar-refractivity contribution in [2.24, 2.45) is 0 Å².